The number of nitrogens with one attached hydrogen (secondary N) is 1. The van der Waals surface area contributed by atoms with E-state index in [1.54, 1.807) is 0 Å². The first kappa shape index (κ1) is 13.0. The number of hydrazine groups is 1. The number of aromatic nitrogens is 1. The van der Waals surface area contributed by atoms with Crippen molar-refractivity contribution in [2.75, 3.05) is 0 Å². The molecule has 2 rings (SSSR count). The molecule has 3 N–H and O–H groups in total. The summed E-state index contributed by atoms with van der Waals surface area (Å²) in [5.41, 5.74) is 7.09. The van der Waals surface area contributed by atoms with E-state index in [9.17, 15) is 0 Å². The summed E-state index contributed by atoms with van der Waals surface area (Å²) in [5, 5.41) is 0.714. The molecule has 0 aliphatic heterocycles. The first-order valence-corrected chi connectivity index (χ1v) is 6.12. The van der Waals surface area contributed by atoms with Crippen molar-refractivity contribution in [2.24, 2.45) is 5.84 Å². The van der Waals surface area contributed by atoms with Gasteiger partial charge in [0.05, 0.1) is 6.04 Å². The van der Waals surface area contributed by atoms with Gasteiger partial charge in [-0.2, -0.15) is 0 Å². The number of hydrogen-bond donors (Lipinski definition) is 2. The van der Waals surface area contributed by atoms with Gasteiger partial charge in [-0.3, -0.25) is 10.8 Å². The summed E-state index contributed by atoms with van der Waals surface area (Å²) in [7, 11) is 0. The lowest BCUT2D eigenvalue weighted by atomic mass is 9.98. The molecule has 4 heteroatoms. The van der Waals surface area contributed by atoms with E-state index in [-0.39, 0.29) is 6.04 Å². The maximum Gasteiger partial charge on any atom is 0.0725 e. The molecule has 0 amide bonds. The van der Waals surface area contributed by atoms with Gasteiger partial charge in [0, 0.05) is 17.4 Å². The van der Waals surface area contributed by atoms with Gasteiger partial charge in [-0.05, 0) is 48.2 Å². The Morgan fingerprint density at radius 1 is 1.06 bits per heavy atom. The van der Waals surface area contributed by atoms with Gasteiger partial charge in [-0.15, -0.1) is 0 Å². The minimum atomic E-state index is -0.102. The largest absolute Gasteiger partial charge is 0.271 e. The first-order chi connectivity index (χ1) is 8.60. The highest BCUT2D eigenvalue weighted by Gasteiger charge is 2.13. The SMILES string of the molecule is Cc1cncc(C(NN)c2cc(C)cc(Cl)c2)c1. The van der Waals surface area contributed by atoms with Crippen molar-refractivity contribution in [1.82, 2.24) is 10.4 Å². The maximum atomic E-state index is 6.09. The number of hydrogen-bond acceptors (Lipinski definition) is 3. The molecule has 2 aromatic rings. The molecule has 1 atom stereocenters. The van der Waals surface area contributed by atoms with Gasteiger partial charge < -0.3 is 0 Å². The molecule has 94 valence electrons. The van der Waals surface area contributed by atoms with Gasteiger partial charge in [-0.25, -0.2) is 5.43 Å². The monoisotopic (exact) mass is 261 g/mol. The molecule has 3 nitrogen and oxygen atoms in total. The van der Waals surface area contributed by atoms with E-state index in [4.69, 9.17) is 17.4 Å². The Bertz CT molecular complexity index is 534. The van der Waals surface area contributed by atoms with Crippen molar-refractivity contribution in [3.8, 4) is 0 Å². The van der Waals surface area contributed by atoms with E-state index in [1.165, 1.54) is 0 Å². The number of pyridine rings is 1. The minimum absolute atomic E-state index is 0.102. The Kier molecular flexibility index (Phi) is 3.97. The topological polar surface area (TPSA) is 50.9 Å². The summed E-state index contributed by atoms with van der Waals surface area (Å²) in [6.45, 7) is 4.02. The fourth-order valence-corrected chi connectivity index (χ4v) is 2.35. The summed E-state index contributed by atoms with van der Waals surface area (Å²) in [4.78, 5) is 4.19. The molecule has 1 heterocycles. The third-order valence-corrected chi connectivity index (χ3v) is 3.01. The van der Waals surface area contributed by atoms with Crippen LogP contribution in [-0.4, -0.2) is 4.98 Å². The molecule has 1 aromatic carbocycles. The van der Waals surface area contributed by atoms with E-state index in [0.29, 0.717) is 5.02 Å². The highest BCUT2D eigenvalue weighted by Crippen LogP contribution is 2.25. The Labute approximate surface area is 112 Å². The number of rotatable bonds is 3. The second-order valence-electron chi connectivity index (χ2n) is 4.46. The van der Waals surface area contributed by atoms with Gasteiger partial charge in [0.15, 0.2) is 0 Å². The van der Waals surface area contributed by atoms with Crippen molar-refractivity contribution < 1.29 is 0 Å². The Hall–Kier alpha value is -1.42. The smallest absolute Gasteiger partial charge is 0.0725 e. The average Bonchev–Trinajstić information content (AvgIpc) is 2.28. The van der Waals surface area contributed by atoms with Crippen LogP contribution in [0.1, 0.15) is 28.3 Å². The van der Waals surface area contributed by atoms with Gasteiger partial charge in [0.1, 0.15) is 0 Å². The van der Waals surface area contributed by atoms with Gasteiger partial charge in [0.2, 0.25) is 0 Å². The molecule has 0 aliphatic carbocycles. The molecular formula is C14H16ClN3. The van der Waals surface area contributed by atoms with Crippen LogP contribution in [0, 0.1) is 13.8 Å². The van der Waals surface area contributed by atoms with E-state index in [0.717, 1.165) is 22.3 Å². The quantitative estimate of drug-likeness (QED) is 0.660. The molecule has 0 fully saturated rings. The third kappa shape index (κ3) is 2.88. The molecule has 0 aliphatic rings. The first-order valence-electron chi connectivity index (χ1n) is 5.75. The van der Waals surface area contributed by atoms with Crippen LogP contribution in [0.5, 0.6) is 0 Å². The van der Waals surface area contributed by atoms with Crippen LogP contribution in [0.2, 0.25) is 5.02 Å². The standard InChI is InChI=1S/C14H16ClN3/c1-9-3-11(6-13(15)5-9)14(18-16)12-4-10(2)7-17-8-12/h3-8,14,18H,16H2,1-2H3. The Morgan fingerprint density at radius 2 is 1.78 bits per heavy atom. The number of halogens is 1. The van der Waals surface area contributed by atoms with Gasteiger partial charge in [-0.1, -0.05) is 23.7 Å². The van der Waals surface area contributed by atoms with Crippen molar-refractivity contribution in [3.05, 3.63) is 63.9 Å². The third-order valence-electron chi connectivity index (χ3n) is 2.79. The molecule has 0 saturated carbocycles. The zero-order chi connectivity index (χ0) is 13.1. The molecule has 0 bridgehead atoms. The number of nitrogens with two attached hydrogens (primary N) is 1. The predicted octanol–water partition coefficient (Wildman–Crippen LogP) is 2.90. The van der Waals surface area contributed by atoms with Crippen molar-refractivity contribution in [3.63, 3.8) is 0 Å². The van der Waals surface area contributed by atoms with Crippen LogP contribution in [0.4, 0.5) is 0 Å². The van der Waals surface area contributed by atoms with E-state index in [2.05, 4.69) is 22.5 Å². The van der Waals surface area contributed by atoms with Crippen molar-refractivity contribution >= 4 is 11.6 Å². The summed E-state index contributed by atoms with van der Waals surface area (Å²) in [5.74, 6) is 5.67. The molecule has 0 radical (unpaired) electrons. The highest BCUT2D eigenvalue weighted by molar-refractivity contribution is 6.30. The zero-order valence-corrected chi connectivity index (χ0v) is 11.2. The Balaban J connectivity index is 2.45. The number of nitrogens with zero attached hydrogens (tertiary/aromatic N) is 1. The van der Waals surface area contributed by atoms with Crippen LogP contribution >= 0.6 is 11.6 Å². The molecule has 0 saturated heterocycles. The fourth-order valence-electron chi connectivity index (χ4n) is 2.05. The normalized spacial score (nSPS) is 12.4. The second-order valence-corrected chi connectivity index (χ2v) is 4.89. The lowest BCUT2D eigenvalue weighted by Crippen LogP contribution is -2.29. The molecule has 1 unspecified atom stereocenters. The van der Waals surface area contributed by atoms with Crippen LogP contribution in [0.3, 0.4) is 0 Å². The lowest BCUT2D eigenvalue weighted by Gasteiger charge is -2.17. The molecule has 18 heavy (non-hydrogen) atoms. The molecule has 0 spiro atoms. The molecule has 1 aromatic heterocycles. The van der Waals surface area contributed by atoms with Crippen molar-refractivity contribution in [1.29, 1.82) is 0 Å². The number of aryl methyl sites for hydroxylation is 2. The van der Waals surface area contributed by atoms with Crippen LogP contribution in [-0.2, 0) is 0 Å². The Morgan fingerprint density at radius 3 is 2.39 bits per heavy atom. The van der Waals surface area contributed by atoms with Gasteiger partial charge in [0.25, 0.3) is 0 Å². The van der Waals surface area contributed by atoms with Crippen molar-refractivity contribution in [2.45, 2.75) is 19.9 Å². The van der Waals surface area contributed by atoms with Gasteiger partial charge >= 0.3 is 0 Å². The number of benzene rings is 1. The lowest BCUT2D eigenvalue weighted by molar-refractivity contribution is 0.634. The minimum Gasteiger partial charge on any atom is -0.271 e. The predicted molar refractivity (Wildman–Crippen MR) is 74.3 cm³/mol. The average molecular weight is 262 g/mol. The summed E-state index contributed by atoms with van der Waals surface area (Å²) < 4.78 is 0. The second kappa shape index (κ2) is 5.48. The maximum absolute atomic E-state index is 6.09. The van der Waals surface area contributed by atoms with E-state index >= 15 is 0 Å². The fraction of sp³-hybridized carbons (Fsp3) is 0.214. The highest BCUT2D eigenvalue weighted by atomic mass is 35.5. The summed E-state index contributed by atoms with van der Waals surface area (Å²) in [6, 6.07) is 7.87. The summed E-state index contributed by atoms with van der Waals surface area (Å²) >= 11 is 6.09. The van der Waals surface area contributed by atoms with Crippen LogP contribution in [0.15, 0.2) is 36.7 Å². The zero-order valence-electron chi connectivity index (χ0n) is 10.4. The molecular weight excluding hydrogens is 246 g/mol. The van der Waals surface area contributed by atoms with Crippen LogP contribution < -0.4 is 11.3 Å². The van der Waals surface area contributed by atoms with E-state index < -0.39 is 0 Å². The summed E-state index contributed by atoms with van der Waals surface area (Å²) in [6.07, 6.45) is 3.63. The van der Waals surface area contributed by atoms with E-state index in [1.807, 2.05) is 38.4 Å². The van der Waals surface area contributed by atoms with Crippen LogP contribution in [0.25, 0.3) is 0 Å².